The lowest BCUT2D eigenvalue weighted by Crippen LogP contribution is -2.35. The SMILES string of the molecule is O=S(=O)(c1cccc(F)c1)N(CCCO)C1CCc2ccccc21. The number of sulfonamides is 1. The Morgan fingerprint density at radius 1 is 1.17 bits per heavy atom. The van der Waals surface area contributed by atoms with E-state index in [1.807, 2.05) is 24.3 Å². The van der Waals surface area contributed by atoms with E-state index < -0.39 is 15.8 Å². The topological polar surface area (TPSA) is 57.6 Å². The van der Waals surface area contributed by atoms with Crippen LogP contribution >= 0.6 is 0 Å². The summed E-state index contributed by atoms with van der Waals surface area (Å²) in [5.74, 6) is -0.579. The summed E-state index contributed by atoms with van der Waals surface area (Å²) in [6.07, 6.45) is 1.85. The monoisotopic (exact) mass is 349 g/mol. The Balaban J connectivity index is 2.01. The van der Waals surface area contributed by atoms with Crippen molar-refractivity contribution in [2.75, 3.05) is 13.2 Å². The first-order chi connectivity index (χ1) is 11.5. The molecule has 24 heavy (non-hydrogen) atoms. The summed E-state index contributed by atoms with van der Waals surface area (Å²) in [4.78, 5) is -0.0511. The van der Waals surface area contributed by atoms with E-state index in [2.05, 4.69) is 0 Å². The Bertz CT molecular complexity index is 823. The number of benzene rings is 2. The first-order valence-electron chi connectivity index (χ1n) is 8.00. The van der Waals surface area contributed by atoms with E-state index in [4.69, 9.17) is 5.11 Å². The molecule has 1 N–H and O–H groups in total. The summed E-state index contributed by atoms with van der Waals surface area (Å²) < 4.78 is 41.0. The van der Waals surface area contributed by atoms with Crippen LogP contribution in [0.15, 0.2) is 53.4 Å². The molecule has 0 aliphatic heterocycles. The van der Waals surface area contributed by atoms with Gasteiger partial charge in [-0.3, -0.25) is 0 Å². The van der Waals surface area contributed by atoms with Crippen molar-refractivity contribution < 1.29 is 17.9 Å². The van der Waals surface area contributed by atoms with Crippen LogP contribution in [0.3, 0.4) is 0 Å². The maximum absolute atomic E-state index is 13.5. The van der Waals surface area contributed by atoms with Gasteiger partial charge in [-0.1, -0.05) is 30.3 Å². The highest BCUT2D eigenvalue weighted by molar-refractivity contribution is 7.89. The smallest absolute Gasteiger partial charge is 0.243 e. The van der Waals surface area contributed by atoms with Crippen LogP contribution < -0.4 is 0 Å². The Morgan fingerprint density at radius 3 is 2.71 bits per heavy atom. The van der Waals surface area contributed by atoms with E-state index in [-0.39, 0.29) is 24.1 Å². The minimum atomic E-state index is -3.84. The summed E-state index contributed by atoms with van der Waals surface area (Å²) >= 11 is 0. The fourth-order valence-corrected chi connectivity index (χ4v) is 4.97. The molecular weight excluding hydrogens is 329 g/mol. The van der Waals surface area contributed by atoms with Crippen molar-refractivity contribution in [2.45, 2.75) is 30.2 Å². The number of aliphatic hydroxyl groups is 1. The van der Waals surface area contributed by atoms with E-state index in [0.29, 0.717) is 12.8 Å². The minimum Gasteiger partial charge on any atom is -0.396 e. The standard InChI is InChI=1S/C18H20FNO3S/c19-15-6-3-7-16(13-15)24(22,23)20(11-4-12-21)18-10-9-14-5-1-2-8-17(14)18/h1-3,5-8,13,18,21H,4,9-12H2. The lowest BCUT2D eigenvalue weighted by molar-refractivity contribution is 0.249. The van der Waals surface area contributed by atoms with Crippen LogP contribution in [-0.4, -0.2) is 31.0 Å². The van der Waals surface area contributed by atoms with Gasteiger partial charge in [0, 0.05) is 13.2 Å². The van der Waals surface area contributed by atoms with Gasteiger partial charge in [-0.25, -0.2) is 12.8 Å². The Labute approximate surface area is 141 Å². The molecule has 3 rings (SSSR count). The lowest BCUT2D eigenvalue weighted by atomic mass is 10.1. The molecule has 1 aliphatic rings. The number of aryl methyl sites for hydroxylation is 1. The van der Waals surface area contributed by atoms with Gasteiger partial charge in [0.1, 0.15) is 5.82 Å². The molecule has 2 aromatic rings. The van der Waals surface area contributed by atoms with E-state index in [0.717, 1.165) is 23.6 Å². The Hall–Kier alpha value is -1.76. The quantitative estimate of drug-likeness (QED) is 0.872. The second-order valence-corrected chi connectivity index (χ2v) is 7.79. The molecule has 4 nitrogen and oxygen atoms in total. The summed E-state index contributed by atoms with van der Waals surface area (Å²) in [5, 5.41) is 9.15. The zero-order chi connectivity index (χ0) is 17.2. The van der Waals surface area contributed by atoms with Gasteiger partial charge >= 0.3 is 0 Å². The van der Waals surface area contributed by atoms with Crippen molar-refractivity contribution in [3.63, 3.8) is 0 Å². The first kappa shape index (κ1) is 17.1. The highest BCUT2D eigenvalue weighted by atomic mass is 32.2. The average Bonchev–Trinajstić information content (AvgIpc) is 2.99. The average molecular weight is 349 g/mol. The zero-order valence-electron chi connectivity index (χ0n) is 13.2. The fourth-order valence-electron chi connectivity index (χ4n) is 3.27. The molecule has 0 saturated heterocycles. The zero-order valence-corrected chi connectivity index (χ0v) is 14.0. The summed E-state index contributed by atoms with van der Waals surface area (Å²) in [6, 6.07) is 12.6. The number of aliphatic hydroxyl groups excluding tert-OH is 1. The van der Waals surface area contributed by atoms with Gasteiger partial charge in [-0.05, 0) is 48.6 Å². The van der Waals surface area contributed by atoms with Crippen molar-refractivity contribution in [1.29, 1.82) is 0 Å². The van der Waals surface area contributed by atoms with Crippen LogP contribution in [0.5, 0.6) is 0 Å². The number of rotatable bonds is 6. The Kier molecular flexibility index (Phi) is 4.99. The van der Waals surface area contributed by atoms with Crippen molar-refractivity contribution in [2.24, 2.45) is 0 Å². The maximum Gasteiger partial charge on any atom is 0.243 e. The van der Waals surface area contributed by atoms with Crippen LogP contribution in [0.4, 0.5) is 4.39 Å². The van der Waals surface area contributed by atoms with Gasteiger partial charge in [0.15, 0.2) is 0 Å². The molecule has 6 heteroatoms. The molecule has 128 valence electrons. The fraction of sp³-hybridized carbons (Fsp3) is 0.333. The number of nitrogens with zero attached hydrogens (tertiary/aromatic N) is 1. The summed E-state index contributed by atoms with van der Waals surface area (Å²) in [6.45, 7) is 0.109. The van der Waals surface area contributed by atoms with Gasteiger partial charge in [0.25, 0.3) is 0 Å². The number of hydrogen-bond donors (Lipinski definition) is 1. The largest absolute Gasteiger partial charge is 0.396 e. The molecule has 1 atom stereocenters. The third-order valence-corrected chi connectivity index (χ3v) is 6.29. The van der Waals surface area contributed by atoms with Gasteiger partial charge in [-0.15, -0.1) is 0 Å². The van der Waals surface area contributed by atoms with Crippen molar-refractivity contribution in [3.05, 3.63) is 65.5 Å². The number of halogens is 1. The predicted molar refractivity (Wildman–Crippen MR) is 89.5 cm³/mol. The van der Waals surface area contributed by atoms with Crippen LogP contribution in [0.25, 0.3) is 0 Å². The summed E-state index contributed by atoms with van der Waals surface area (Å²) in [7, 11) is -3.84. The molecule has 0 saturated carbocycles. The van der Waals surface area contributed by atoms with Crippen molar-refractivity contribution in [1.82, 2.24) is 4.31 Å². The highest BCUT2D eigenvalue weighted by Crippen LogP contribution is 2.38. The maximum atomic E-state index is 13.5. The molecule has 0 spiro atoms. The molecule has 0 heterocycles. The third kappa shape index (κ3) is 3.22. The Morgan fingerprint density at radius 2 is 1.96 bits per heavy atom. The molecule has 2 aromatic carbocycles. The molecule has 1 aliphatic carbocycles. The molecule has 0 fully saturated rings. The lowest BCUT2D eigenvalue weighted by Gasteiger charge is -2.29. The van der Waals surface area contributed by atoms with Gasteiger partial charge in [0.2, 0.25) is 10.0 Å². The van der Waals surface area contributed by atoms with E-state index in [1.165, 1.54) is 22.5 Å². The van der Waals surface area contributed by atoms with Crippen molar-refractivity contribution in [3.8, 4) is 0 Å². The molecule has 0 amide bonds. The minimum absolute atomic E-state index is 0.0511. The molecule has 0 aromatic heterocycles. The third-order valence-electron chi connectivity index (χ3n) is 4.39. The van der Waals surface area contributed by atoms with Crippen LogP contribution in [0.1, 0.15) is 30.0 Å². The molecule has 1 unspecified atom stereocenters. The van der Waals surface area contributed by atoms with Crippen LogP contribution in [0, 0.1) is 5.82 Å². The van der Waals surface area contributed by atoms with Crippen LogP contribution in [-0.2, 0) is 16.4 Å². The predicted octanol–water partition coefficient (Wildman–Crippen LogP) is 2.89. The highest BCUT2D eigenvalue weighted by Gasteiger charge is 2.35. The molecular formula is C18H20FNO3S. The first-order valence-corrected chi connectivity index (χ1v) is 9.44. The molecule has 0 radical (unpaired) electrons. The number of hydrogen-bond acceptors (Lipinski definition) is 3. The number of fused-ring (bicyclic) bond motifs is 1. The van der Waals surface area contributed by atoms with E-state index in [1.54, 1.807) is 0 Å². The van der Waals surface area contributed by atoms with Crippen molar-refractivity contribution >= 4 is 10.0 Å². The van der Waals surface area contributed by atoms with E-state index in [9.17, 15) is 12.8 Å². The van der Waals surface area contributed by atoms with Gasteiger partial charge in [-0.2, -0.15) is 4.31 Å². The second-order valence-electron chi connectivity index (χ2n) is 5.90. The van der Waals surface area contributed by atoms with Gasteiger partial charge in [0.05, 0.1) is 10.9 Å². The van der Waals surface area contributed by atoms with E-state index >= 15 is 0 Å². The van der Waals surface area contributed by atoms with Gasteiger partial charge < -0.3 is 5.11 Å². The second kappa shape index (κ2) is 7.01. The van der Waals surface area contributed by atoms with Crippen LogP contribution in [0.2, 0.25) is 0 Å². The summed E-state index contributed by atoms with van der Waals surface area (Å²) in [5.41, 5.74) is 2.14. The molecule has 0 bridgehead atoms. The normalized spacial score (nSPS) is 17.2.